The molecule has 22 heavy (non-hydrogen) atoms. The minimum atomic E-state index is -4.26. The molecule has 0 aliphatic carbocycles. The fourth-order valence-corrected chi connectivity index (χ4v) is 1.03. The van der Waals surface area contributed by atoms with E-state index in [0.717, 1.165) is 13.2 Å². The van der Waals surface area contributed by atoms with E-state index in [4.69, 9.17) is 14.4 Å². The molecule has 128 valence electrons. The first-order valence-corrected chi connectivity index (χ1v) is 7.78. The van der Waals surface area contributed by atoms with Crippen molar-refractivity contribution >= 4 is 10.4 Å². The Morgan fingerprint density at radius 1 is 1.14 bits per heavy atom. The summed E-state index contributed by atoms with van der Waals surface area (Å²) < 4.78 is 35.8. The average Bonchev–Trinajstić information content (AvgIpc) is 2.49. The molecule has 0 aromatic heterocycles. The van der Waals surface area contributed by atoms with Gasteiger partial charge in [-0.3, -0.25) is 4.55 Å². The van der Waals surface area contributed by atoms with Crippen LogP contribution in [0, 0.1) is 0 Å². The molecule has 0 unspecified atom stereocenters. The van der Waals surface area contributed by atoms with Crippen LogP contribution in [0.25, 0.3) is 0 Å². The van der Waals surface area contributed by atoms with E-state index in [2.05, 4.69) is 23.9 Å². The van der Waals surface area contributed by atoms with Gasteiger partial charge in [-0.15, -0.1) is 19.7 Å². The largest absolute Gasteiger partial charge is 0.508 e. The summed E-state index contributed by atoms with van der Waals surface area (Å²) in [7, 11) is -4.26. The number of rotatable bonds is 5. The lowest BCUT2D eigenvalue weighted by Gasteiger charge is -1.90. The summed E-state index contributed by atoms with van der Waals surface area (Å²) in [6, 6.07) is 8.71. The third kappa shape index (κ3) is 31.0. The number of ether oxygens (including phenoxy) is 1. The lowest BCUT2D eigenvalue weighted by Crippen LogP contribution is -2.02. The Morgan fingerprint density at radius 2 is 1.59 bits per heavy atom. The van der Waals surface area contributed by atoms with E-state index < -0.39 is 10.4 Å². The Kier molecular flexibility index (Phi) is 22.2. The normalized spacial score (nSPS) is 8.86. The van der Waals surface area contributed by atoms with Gasteiger partial charge in [-0.25, -0.2) is 4.18 Å². The summed E-state index contributed by atoms with van der Waals surface area (Å²) in [4.78, 5) is 0. The van der Waals surface area contributed by atoms with Crippen LogP contribution in [-0.4, -0.2) is 37.9 Å². The monoisotopic (exact) mass is 334 g/mol. The van der Waals surface area contributed by atoms with Gasteiger partial charge in [-0.2, -0.15) is 8.42 Å². The van der Waals surface area contributed by atoms with Gasteiger partial charge in [0.1, 0.15) is 5.75 Å². The molecule has 7 heteroatoms. The number of phenolic OH excluding ortho intramolecular Hbond substituents is 1. The van der Waals surface area contributed by atoms with E-state index in [0.29, 0.717) is 5.75 Å². The van der Waals surface area contributed by atoms with Crippen LogP contribution in [0.1, 0.15) is 13.8 Å². The zero-order valence-corrected chi connectivity index (χ0v) is 14.0. The molecule has 0 aliphatic heterocycles. The summed E-state index contributed by atoms with van der Waals surface area (Å²) in [5, 5.41) is 8.63. The molecule has 0 heterocycles. The van der Waals surface area contributed by atoms with Gasteiger partial charge < -0.3 is 9.84 Å². The number of hydrogen-bond acceptors (Lipinski definition) is 5. The molecule has 6 nitrogen and oxygen atoms in total. The molecule has 0 saturated heterocycles. The van der Waals surface area contributed by atoms with Gasteiger partial charge in [0, 0.05) is 13.2 Å². The fourth-order valence-electron chi connectivity index (χ4n) is 0.766. The Labute approximate surface area is 133 Å². The highest BCUT2D eigenvalue weighted by atomic mass is 32.3. The van der Waals surface area contributed by atoms with Crippen molar-refractivity contribution in [1.29, 1.82) is 0 Å². The summed E-state index contributed by atoms with van der Waals surface area (Å²) in [6.45, 7) is 14.6. The molecular formula is C15H26O6S. The highest BCUT2D eigenvalue weighted by molar-refractivity contribution is 7.80. The second-order valence-corrected chi connectivity index (χ2v) is 4.21. The lowest BCUT2D eigenvalue weighted by atomic mass is 10.3. The number of benzene rings is 1. The molecule has 0 atom stereocenters. The second-order valence-electron chi connectivity index (χ2n) is 3.12. The molecule has 2 N–H and O–H groups in total. The first-order chi connectivity index (χ1) is 10.4. The second kappa shape index (κ2) is 19.3. The zero-order valence-electron chi connectivity index (χ0n) is 13.1. The van der Waals surface area contributed by atoms with E-state index in [1.54, 1.807) is 24.3 Å². The van der Waals surface area contributed by atoms with Gasteiger partial charge in [-0.1, -0.05) is 24.3 Å². The van der Waals surface area contributed by atoms with E-state index in [9.17, 15) is 8.42 Å². The van der Waals surface area contributed by atoms with Crippen molar-refractivity contribution in [2.75, 3.05) is 19.8 Å². The maximum Gasteiger partial charge on any atom is 0.397 e. The van der Waals surface area contributed by atoms with Crippen LogP contribution in [0.5, 0.6) is 5.75 Å². The average molecular weight is 334 g/mol. The molecule has 0 bridgehead atoms. The molecule has 0 fully saturated rings. The molecular weight excluding hydrogens is 308 g/mol. The van der Waals surface area contributed by atoms with Gasteiger partial charge >= 0.3 is 10.4 Å². The standard InChI is InChI=1S/C6H6O.C4H10O.C3H6O4S.C2H4/c7-6-4-2-1-3-5-6;1-3-5-4-2;1-2-3-7-8(4,5)6;1-2/h1-5,7H;3-4H2,1-2H3;2H,1,3H2,(H,4,5,6);1-2H2. The van der Waals surface area contributed by atoms with Crippen molar-refractivity contribution in [2.24, 2.45) is 0 Å². The summed E-state index contributed by atoms with van der Waals surface area (Å²) in [5.74, 6) is 0.322. The van der Waals surface area contributed by atoms with Gasteiger partial charge in [0.05, 0.1) is 6.61 Å². The third-order valence-corrected chi connectivity index (χ3v) is 1.93. The zero-order chi connectivity index (χ0) is 17.9. The molecule has 0 aliphatic rings. The van der Waals surface area contributed by atoms with Crippen molar-refractivity contribution in [1.82, 2.24) is 0 Å². The molecule has 1 aromatic rings. The van der Waals surface area contributed by atoms with E-state index in [1.165, 1.54) is 6.08 Å². The van der Waals surface area contributed by atoms with Gasteiger partial charge in [0.15, 0.2) is 0 Å². The quantitative estimate of drug-likeness (QED) is 0.634. The van der Waals surface area contributed by atoms with Crippen molar-refractivity contribution in [3.05, 3.63) is 56.1 Å². The van der Waals surface area contributed by atoms with Crippen molar-refractivity contribution in [2.45, 2.75) is 13.8 Å². The Balaban J connectivity index is -0.000000238. The van der Waals surface area contributed by atoms with Crippen molar-refractivity contribution in [3.63, 3.8) is 0 Å². The van der Waals surface area contributed by atoms with E-state index in [-0.39, 0.29) is 6.61 Å². The number of hydrogen-bond donors (Lipinski definition) is 2. The van der Waals surface area contributed by atoms with Crippen LogP contribution in [0.3, 0.4) is 0 Å². The third-order valence-electron chi connectivity index (χ3n) is 1.50. The molecule has 0 spiro atoms. The fraction of sp³-hybridized carbons (Fsp3) is 0.333. The van der Waals surface area contributed by atoms with Crippen LogP contribution < -0.4 is 0 Å². The first-order valence-electron chi connectivity index (χ1n) is 6.41. The van der Waals surface area contributed by atoms with E-state index in [1.807, 2.05) is 19.9 Å². The van der Waals surface area contributed by atoms with Crippen LogP contribution in [0.2, 0.25) is 0 Å². The van der Waals surface area contributed by atoms with Crippen molar-refractivity contribution in [3.8, 4) is 5.75 Å². The molecule has 0 saturated carbocycles. The maximum atomic E-state index is 9.68. The first kappa shape index (κ1) is 25.3. The predicted molar refractivity (Wildman–Crippen MR) is 89.2 cm³/mol. The van der Waals surface area contributed by atoms with Crippen LogP contribution in [0.4, 0.5) is 0 Å². The highest BCUT2D eigenvalue weighted by Crippen LogP contribution is 2.02. The van der Waals surface area contributed by atoms with E-state index >= 15 is 0 Å². The molecule has 1 aromatic carbocycles. The highest BCUT2D eigenvalue weighted by Gasteiger charge is 1.99. The number of aromatic hydroxyl groups is 1. The lowest BCUT2D eigenvalue weighted by molar-refractivity contribution is 0.162. The minimum Gasteiger partial charge on any atom is -0.508 e. The smallest absolute Gasteiger partial charge is 0.397 e. The van der Waals surface area contributed by atoms with Crippen LogP contribution in [-0.2, 0) is 19.3 Å². The number of phenols is 1. The molecule has 0 radical (unpaired) electrons. The maximum absolute atomic E-state index is 9.68. The SMILES string of the molecule is C=C.C=CCOS(=O)(=O)O.CCOCC.Oc1ccccc1. The van der Waals surface area contributed by atoms with Gasteiger partial charge in [0.2, 0.25) is 0 Å². The molecule has 1 rings (SSSR count). The predicted octanol–water partition coefficient (Wildman–Crippen LogP) is 3.23. The molecule has 0 amide bonds. The summed E-state index contributed by atoms with van der Waals surface area (Å²) >= 11 is 0. The topological polar surface area (TPSA) is 93.1 Å². The Morgan fingerprint density at radius 3 is 1.73 bits per heavy atom. The number of para-hydroxylation sites is 1. The Bertz CT molecular complexity index is 429. The van der Waals surface area contributed by atoms with Gasteiger partial charge in [0.25, 0.3) is 0 Å². The summed E-state index contributed by atoms with van der Waals surface area (Å²) in [5.41, 5.74) is 0. The van der Waals surface area contributed by atoms with Crippen molar-refractivity contribution < 1.29 is 27.0 Å². The Hall–Kier alpha value is -1.67. The minimum absolute atomic E-state index is 0.196. The summed E-state index contributed by atoms with van der Waals surface area (Å²) in [6.07, 6.45) is 1.22. The van der Waals surface area contributed by atoms with Crippen LogP contribution in [0.15, 0.2) is 56.1 Å². The van der Waals surface area contributed by atoms with Gasteiger partial charge in [-0.05, 0) is 26.0 Å². The van der Waals surface area contributed by atoms with Crippen LogP contribution >= 0.6 is 0 Å².